The van der Waals surface area contributed by atoms with Crippen molar-refractivity contribution < 1.29 is 9.47 Å². The third kappa shape index (κ3) is 5.52. The number of benzene rings is 1. The fraction of sp³-hybridized carbons (Fsp3) is 0.565. The number of rotatable bonds is 10. The van der Waals surface area contributed by atoms with Gasteiger partial charge in [-0.25, -0.2) is 0 Å². The van der Waals surface area contributed by atoms with Gasteiger partial charge in [0.15, 0.2) is 6.29 Å². The van der Waals surface area contributed by atoms with E-state index >= 15 is 0 Å². The number of piperidine rings is 1. The number of hydrogen-bond donors (Lipinski definition) is 0. The summed E-state index contributed by atoms with van der Waals surface area (Å²) in [6.45, 7) is 14.5. The van der Waals surface area contributed by atoms with Gasteiger partial charge in [-0.2, -0.15) is 0 Å². The second-order valence-corrected chi connectivity index (χ2v) is 7.68. The SMILES string of the molecule is C=CCN(CC=C)C1(CCC2OCCO2)CCN(Cc2ccccc2)CC1. The molecule has 2 aliphatic rings. The molecule has 0 unspecified atom stereocenters. The summed E-state index contributed by atoms with van der Waals surface area (Å²) in [4.78, 5) is 5.14. The van der Waals surface area contributed by atoms with Gasteiger partial charge in [0, 0.05) is 44.7 Å². The summed E-state index contributed by atoms with van der Waals surface area (Å²) in [5.74, 6) is 0. The Morgan fingerprint density at radius 3 is 2.26 bits per heavy atom. The van der Waals surface area contributed by atoms with Crippen molar-refractivity contribution in [3.8, 4) is 0 Å². The predicted octanol–water partition coefficient (Wildman–Crippen LogP) is 3.85. The Bertz CT molecular complexity index is 565. The fourth-order valence-electron chi connectivity index (χ4n) is 4.43. The van der Waals surface area contributed by atoms with E-state index in [0.29, 0.717) is 0 Å². The lowest BCUT2D eigenvalue weighted by molar-refractivity contribution is -0.0642. The highest BCUT2D eigenvalue weighted by molar-refractivity contribution is 5.14. The lowest BCUT2D eigenvalue weighted by atomic mass is 9.81. The minimum atomic E-state index is -0.0291. The van der Waals surface area contributed by atoms with Gasteiger partial charge in [0.25, 0.3) is 0 Å². The zero-order valence-electron chi connectivity index (χ0n) is 16.5. The van der Waals surface area contributed by atoms with Crippen LogP contribution in [0, 0.1) is 0 Å². The van der Waals surface area contributed by atoms with E-state index in [2.05, 4.69) is 53.3 Å². The van der Waals surface area contributed by atoms with Crippen LogP contribution in [0.5, 0.6) is 0 Å². The summed E-state index contributed by atoms with van der Waals surface area (Å²) >= 11 is 0. The Morgan fingerprint density at radius 1 is 1.04 bits per heavy atom. The number of ether oxygens (including phenoxy) is 2. The smallest absolute Gasteiger partial charge is 0.157 e. The van der Waals surface area contributed by atoms with Crippen molar-refractivity contribution in [2.24, 2.45) is 0 Å². The van der Waals surface area contributed by atoms with E-state index < -0.39 is 0 Å². The van der Waals surface area contributed by atoms with Crippen LogP contribution in [0.15, 0.2) is 55.6 Å². The third-order valence-corrected chi connectivity index (χ3v) is 5.94. The van der Waals surface area contributed by atoms with E-state index in [-0.39, 0.29) is 11.8 Å². The second-order valence-electron chi connectivity index (χ2n) is 7.68. The Labute approximate surface area is 164 Å². The minimum absolute atomic E-state index is 0.0291. The molecule has 2 aliphatic heterocycles. The highest BCUT2D eigenvalue weighted by Crippen LogP contribution is 2.35. The van der Waals surface area contributed by atoms with Gasteiger partial charge in [-0.3, -0.25) is 9.80 Å². The van der Waals surface area contributed by atoms with Crippen LogP contribution in [0.1, 0.15) is 31.2 Å². The van der Waals surface area contributed by atoms with Gasteiger partial charge in [-0.05, 0) is 24.8 Å². The van der Waals surface area contributed by atoms with Crippen LogP contribution in [0.3, 0.4) is 0 Å². The number of likely N-dealkylation sites (tertiary alicyclic amines) is 1. The van der Waals surface area contributed by atoms with Crippen LogP contribution < -0.4 is 0 Å². The first-order chi connectivity index (χ1) is 13.3. The van der Waals surface area contributed by atoms with Crippen molar-refractivity contribution >= 4 is 0 Å². The normalized spacial score (nSPS) is 20.8. The topological polar surface area (TPSA) is 24.9 Å². The van der Waals surface area contributed by atoms with Crippen LogP contribution in [0.25, 0.3) is 0 Å². The molecular formula is C23H34N2O2. The Kier molecular flexibility index (Phi) is 7.65. The van der Waals surface area contributed by atoms with Crippen molar-refractivity contribution in [3.05, 3.63) is 61.2 Å². The van der Waals surface area contributed by atoms with E-state index in [1.807, 2.05) is 12.2 Å². The van der Waals surface area contributed by atoms with Crippen LogP contribution in [0.4, 0.5) is 0 Å². The molecule has 2 heterocycles. The molecule has 0 spiro atoms. The average Bonchev–Trinajstić information content (AvgIpc) is 3.22. The van der Waals surface area contributed by atoms with Crippen molar-refractivity contribution in [2.75, 3.05) is 39.4 Å². The Hall–Kier alpha value is -1.46. The first kappa shape index (κ1) is 20.3. The van der Waals surface area contributed by atoms with E-state index in [4.69, 9.17) is 9.47 Å². The summed E-state index contributed by atoms with van der Waals surface area (Å²) in [6, 6.07) is 10.8. The molecule has 2 fully saturated rings. The molecule has 27 heavy (non-hydrogen) atoms. The first-order valence-electron chi connectivity index (χ1n) is 10.2. The van der Waals surface area contributed by atoms with E-state index in [1.54, 1.807) is 0 Å². The van der Waals surface area contributed by atoms with E-state index in [9.17, 15) is 0 Å². The molecule has 2 saturated heterocycles. The molecule has 4 heteroatoms. The molecule has 0 aliphatic carbocycles. The molecule has 0 aromatic heterocycles. The third-order valence-electron chi connectivity index (χ3n) is 5.94. The highest BCUT2D eigenvalue weighted by atomic mass is 16.7. The molecule has 3 rings (SSSR count). The standard InChI is InChI=1S/C23H34N2O2/c1-3-14-25(15-4-2)23(11-10-22-26-18-19-27-22)12-16-24(17-13-23)20-21-8-6-5-7-9-21/h3-9,22H,1-2,10-20H2. The monoisotopic (exact) mass is 370 g/mol. The largest absolute Gasteiger partial charge is 0.350 e. The van der Waals surface area contributed by atoms with Gasteiger partial charge >= 0.3 is 0 Å². The summed E-state index contributed by atoms with van der Waals surface area (Å²) in [5, 5.41) is 0. The molecule has 1 aromatic rings. The van der Waals surface area contributed by atoms with Gasteiger partial charge in [-0.15, -0.1) is 13.2 Å². The molecule has 0 saturated carbocycles. The second kappa shape index (κ2) is 10.2. The Morgan fingerprint density at radius 2 is 1.67 bits per heavy atom. The van der Waals surface area contributed by atoms with Gasteiger partial charge in [0.05, 0.1) is 13.2 Å². The van der Waals surface area contributed by atoms with Crippen molar-refractivity contribution in [2.45, 2.75) is 44.1 Å². The number of hydrogen-bond acceptors (Lipinski definition) is 4. The van der Waals surface area contributed by atoms with Crippen molar-refractivity contribution in [1.29, 1.82) is 0 Å². The molecular weight excluding hydrogens is 336 g/mol. The molecule has 1 aromatic carbocycles. The molecule has 0 bridgehead atoms. The van der Waals surface area contributed by atoms with E-state index in [0.717, 1.165) is 71.6 Å². The molecule has 148 valence electrons. The van der Waals surface area contributed by atoms with Crippen LogP contribution in [-0.4, -0.2) is 61.0 Å². The van der Waals surface area contributed by atoms with Gasteiger partial charge in [-0.1, -0.05) is 42.5 Å². The molecule has 0 atom stereocenters. The van der Waals surface area contributed by atoms with Crippen LogP contribution in [0.2, 0.25) is 0 Å². The zero-order chi connectivity index (χ0) is 19.0. The van der Waals surface area contributed by atoms with Gasteiger partial charge in [0.1, 0.15) is 0 Å². The predicted molar refractivity (Wildman–Crippen MR) is 111 cm³/mol. The first-order valence-corrected chi connectivity index (χ1v) is 10.2. The zero-order valence-corrected chi connectivity index (χ0v) is 16.5. The fourth-order valence-corrected chi connectivity index (χ4v) is 4.43. The summed E-state index contributed by atoms with van der Waals surface area (Å²) < 4.78 is 11.4. The molecule has 0 N–H and O–H groups in total. The maximum absolute atomic E-state index is 5.70. The van der Waals surface area contributed by atoms with E-state index in [1.165, 1.54) is 5.56 Å². The molecule has 0 amide bonds. The van der Waals surface area contributed by atoms with Crippen LogP contribution in [-0.2, 0) is 16.0 Å². The average molecular weight is 371 g/mol. The highest BCUT2D eigenvalue weighted by Gasteiger charge is 2.39. The molecule has 4 nitrogen and oxygen atoms in total. The Balaban J connectivity index is 1.64. The number of nitrogens with zero attached hydrogens (tertiary/aromatic N) is 2. The van der Waals surface area contributed by atoms with Crippen molar-refractivity contribution in [1.82, 2.24) is 9.80 Å². The van der Waals surface area contributed by atoms with Gasteiger partial charge in [0.2, 0.25) is 0 Å². The maximum atomic E-state index is 5.70. The summed E-state index contributed by atoms with van der Waals surface area (Å²) in [6.07, 6.45) is 8.39. The van der Waals surface area contributed by atoms with Crippen LogP contribution >= 0.6 is 0 Å². The maximum Gasteiger partial charge on any atom is 0.157 e. The minimum Gasteiger partial charge on any atom is -0.350 e. The quantitative estimate of drug-likeness (QED) is 0.584. The molecule has 0 radical (unpaired) electrons. The van der Waals surface area contributed by atoms with Crippen molar-refractivity contribution in [3.63, 3.8) is 0 Å². The lowest BCUT2D eigenvalue weighted by Gasteiger charge is -2.49. The van der Waals surface area contributed by atoms with Gasteiger partial charge < -0.3 is 9.47 Å². The summed E-state index contributed by atoms with van der Waals surface area (Å²) in [5.41, 5.74) is 1.57. The lowest BCUT2D eigenvalue weighted by Crippen LogP contribution is -2.55. The summed E-state index contributed by atoms with van der Waals surface area (Å²) in [7, 11) is 0.